The van der Waals surface area contributed by atoms with Gasteiger partial charge in [-0.2, -0.15) is 0 Å². The molecule has 3 aromatic rings. The fourth-order valence-electron chi connectivity index (χ4n) is 3.52. The molecule has 2 heterocycles. The van der Waals surface area contributed by atoms with Gasteiger partial charge in [0, 0.05) is 23.6 Å². The minimum Gasteiger partial charge on any atom is -0.361 e. The first-order valence-corrected chi connectivity index (χ1v) is 8.85. The van der Waals surface area contributed by atoms with Crippen LogP contribution in [0.4, 0.5) is 5.69 Å². The van der Waals surface area contributed by atoms with E-state index < -0.39 is 6.04 Å². The molecule has 26 heavy (non-hydrogen) atoms. The van der Waals surface area contributed by atoms with Crippen molar-refractivity contribution in [2.45, 2.75) is 25.8 Å². The first-order chi connectivity index (χ1) is 12.6. The molecule has 1 fully saturated rings. The third-order valence-corrected chi connectivity index (χ3v) is 4.87. The van der Waals surface area contributed by atoms with Gasteiger partial charge in [0.25, 0.3) is 5.91 Å². The maximum atomic E-state index is 12.6. The van der Waals surface area contributed by atoms with Crippen LogP contribution in [-0.2, 0) is 16.0 Å². The summed E-state index contributed by atoms with van der Waals surface area (Å²) in [6.45, 7) is 2.72. The van der Waals surface area contributed by atoms with E-state index in [1.54, 1.807) is 12.1 Å². The number of carbonyl (C=O) groups is 2. The molecule has 5 nitrogen and oxygen atoms in total. The molecular formula is C21H21N3O2. The minimum absolute atomic E-state index is 0.151. The number of carbonyl (C=O) groups excluding carboxylic acids is 2. The fraction of sp³-hybridized carbons (Fsp3) is 0.238. The standard InChI is InChI=1S/C21H21N3O2/c1-14-7-8-18-17(11-14)15(13-23-18)9-10-22-19-12-20(25)24(21(19)26)16-5-3-2-4-6-16/h2-8,11,13,19,22-23H,9-10,12H2,1H3. The Hall–Kier alpha value is -2.92. The molecule has 1 unspecified atom stereocenters. The molecule has 2 aromatic carbocycles. The molecule has 2 N–H and O–H groups in total. The molecule has 2 amide bonds. The molecule has 0 bridgehead atoms. The molecule has 1 atom stereocenters. The number of hydrogen-bond donors (Lipinski definition) is 2. The Morgan fingerprint density at radius 1 is 1.15 bits per heavy atom. The van der Waals surface area contributed by atoms with Crippen LogP contribution < -0.4 is 10.2 Å². The maximum Gasteiger partial charge on any atom is 0.251 e. The van der Waals surface area contributed by atoms with Crippen molar-refractivity contribution in [3.05, 3.63) is 65.9 Å². The van der Waals surface area contributed by atoms with Gasteiger partial charge < -0.3 is 10.3 Å². The minimum atomic E-state index is -0.449. The Morgan fingerprint density at radius 2 is 1.96 bits per heavy atom. The van der Waals surface area contributed by atoms with Crippen molar-refractivity contribution in [1.82, 2.24) is 10.3 Å². The summed E-state index contributed by atoms with van der Waals surface area (Å²) in [7, 11) is 0. The van der Waals surface area contributed by atoms with Gasteiger partial charge in [0.05, 0.1) is 18.2 Å². The number of nitrogens with zero attached hydrogens (tertiary/aromatic N) is 1. The van der Waals surface area contributed by atoms with Gasteiger partial charge in [-0.05, 0) is 43.2 Å². The number of nitrogens with one attached hydrogen (secondary N) is 2. The monoisotopic (exact) mass is 347 g/mol. The highest BCUT2D eigenvalue weighted by Gasteiger charge is 2.38. The zero-order chi connectivity index (χ0) is 18.1. The quantitative estimate of drug-likeness (QED) is 0.698. The van der Waals surface area contributed by atoms with Gasteiger partial charge in [-0.3, -0.25) is 9.59 Å². The summed E-state index contributed by atoms with van der Waals surface area (Å²) < 4.78 is 0. The lowest BCUT2D eigenvalue weighted by Gasteiger charge is -2.15. The maximum absolute atomic E-state index is 12.6. The number of amides is 2. The number of hydrogen-bond acceptors (Lipinski definition) is 3. The van der Waals surface area contributed by atoms with Crippen molar-refractivity contribution in [3.8, 4) is 0 Å². The number of aryl methyl sites for hydroxylation is 1. The number of para-hydroxylation sites is 1. The lowest BCUT2D eigenvalue weighted by molar-refractivity contribution is -0.121. The van der Waals surface area contributed by atoms with E-state index in [1.165, 1.54) is 21.4 Å². The molecule has 1 aliphatic rings. The van der Waals surface area contributed by atoms with Crippen LogP contribution in [0.5, 0.6) is 0 Å². The number of H-pyrrole nitrogens is 1. The van der Waals surface area contributed by atoms with Gasteiger partial charge in [0.15, 0.2) is 0 Å². The van der Waals surface area contributed by atoms with Crippen molar-refractivity contribution in [1.29, 1.82) is 0 Å². The van der Waals surface area contributed by atoms with Crippen molar-refractivity contribution >= 4 is 28.4 Å². The third-order valence-electron chi connectivity index (χ3n) is 4.87. The number of fused-ring (bicyclic) bond motifs is 1. The molecular weight excluding hydrogens is 326 g/mol. The van der Waals surface area contributed by atoms with Crippen LogP contribution in [0.15, 0.2) is 54.7 Å². The van der Waals surface area contributed by atoms with E-state index in [-0.39, 0.29) is 18.2 Å². The number of aromatic amines is 1. The Labute approximate surface area is 152 Å². The lowest BCUT2D eigenvalue weighted by Crippen LogP contribution is -2.39. The summed E-state index contributed by atoms with van der Waals surface area (Å²) in [4.78, 5) is 29.4. The van der Waals surface area contributed by atoms with Crippen molar-refractivity contribution < 1.29 is 9.59 Å². The second-order valence-corrected chi connectivity index (χ2v) is 6.73. The smallest absolute Gasteiger partial charge is 0.251 e. The van der Waals surface area contributed by atoms with Crippen LogP contribution in [0.3, 0.4) is 0 Å². The van der Waals surface area contributed by atoms with Gasteiger partial charge in [0.1, 0.15) is 0 Å². The number of imide groups is 1. The highest BCUT2D eigenvalue weighted by molar-refractivity contribution is 6.22. The summed E-state index contributed by atoms with van der Waals surface area (Å²) in [5.74, 6) is -0.322. The van der Waals surface area contributed by atoms with Gasteiger partial charge in [-0.25, -0.2) is 4.90 Å². The molecule has 0 radical (unpaired) electrons. The molecule has 1 aliphatic heterocycles. The number of benzene rings is 2. The van der Waals surface area contributed by atoms with E-state index in [2.05, 4.69) is 35.4 Å². The van der Waals surface area contributed by atoms with Crippen LogP contribution in [0.2, 0.25) is 0 Å². The average Bonchev–Trinajstić information content (AvgIpc) is 3.16. The Balaban J connectivity index is 1.41. The number of anilines is 1. The van der Waals surface area contributed by atoms with E-state index in [0.29, 0.717) is 12.2 Å². The molecule has 4 rings (SSSR count). The summed E-state index contributed by atoms with van der Waals surface area (Å²) in [5.41, 5.74) is 4.20. The molecule has 132 valence electrons. The van der Waals surface area contributed by atoms with E-state index >= 15 is 0 Å². The summed E-state index contributed by atoms with van der Waals surface area (Å²) in [5, 5.41) is 4.47. The molecule has 0 saturated carbocycles. The predicted molar refractivity (Wildman–Crippen MR) is 102 cm³/mol. The second-order valence-electron chi connectivity index (χ2n) is 6.73. The van der Waals surface area contributed by atoms with Crippen LogP contribution in [0, 0.1) is 6.92 Å². The molecule has 1 aromatic heterocycles. The van der Waals surface area contributed by atoms with E-state index in [0.717, 1.165) is 11.9 Å². The third kappa shape index (κ3) is 3.02. The summed E-state index contributed by atoms with van der Waals surface area (Å²) in [6, 6.07) is 15.0. The van der Waals surface area contributed by atoms with E-state index in [9.17, 15) is 9.59 Å². The summed E-state index contributed by atoms with van der Waals surface area (Å²) in [6.07, 6.45) is 3.02. The van der Waals surface area contributed by atoms with Crippen molar-refractivity contribution in [3.63, 3.8) is 0 Å². The van der Waals surface area contributed by atoms with Gasteiger partial charge in [0.2, 0.25) is 5.91 Å². The molecule has 0 aliphatic carbocycles. The largest absolute Gasteiger partial charge is 0.361 e. The second kappa shape index (κ2) is 6.77. The lowest BCUT2D eigenvalue weighted by atomic mass is 10.1. The highest BCUT2D eigenvalue weighted by Crippen LogP contribution is 2.23. The van der Waals surface area contributed by atoms with Gasteiger partial charge in [-0.1, -0.05) is 29.8 Å². The topological polar surface area (TPSA) is 65.2 Å². The normalized spacial score (nSPS) is 17.4. The Kier molecular flexibility index (Phi) is 4.31. The van der Waals surface area contributed by atoms with E-state index in [1.807, 2.05) is 24.4 Å². The molecule has 0 spiro atoms. The zero-order valence-corrected chi connectivity index (χ0v) is 14.7. The Morgan fingerprint density at radius 3 is 2.77 bits per heavy atom. The number of aromatic nitrogens is 1. The summed E-state index contributed by atoms with van der Waals surface area (Å²) >= 11 is 0. The molecule has 1 saturated heterocycles. The van der Waals surface area contributed by atoms with Crippen LogP contribution in [-0.4, -0.2) is 29.4 Å². The highest BCUT2D eigenvalue weighted by atomic mass is 16.2. The van der Waals surface area contributed by atoms with E-state index in [4.69, 9.17) is 0 Å². The van der Waals surface area contributed by atoms with Crippen molar-refractivity contribution in [2.75, 3.05) is 11.4 Å². The van der Waals surface area contributed by atoms with Gasteiger partial charge in [-0.15, -0.1) is 0 Å². The van der Waals surface area contributed by atoms with Crippen LogP contribution in [0.25, 0.3) is 10.9 Å². The predicted octanol–water partition coefficient (Wildman–Crippen LogP) is 2.94. The van der Waals surface area contributed by atoms with Crippen molar-refractivity contribution in [2.24, 2.45) is 0 Å². The fourth-order valence-corrected chi connectivity index (χ4v) is 3.52. The van der Waals surface area contributed by atoms with Crippen LogP contribution in [0.1, 0.15) is 17.5 Å². The zero-order valence-electron chi connectivity index (χ0n) is 14.7. The average molecular weight is 347 g/mol. The Bertz CT molecular complexity index is 962. The van der Waals surface area contributed by atoms with Crippen LogP contribution >= 0.6 is 0 Å². The van der Waals surface area contributed by atoms with Gasteiger partial charge >= 0.3 is 0 Å². The molecule has 5 heteroatoms. The number of rotatable bonds is 5. The first kappa shape index (κ1) is 16.5. The SMILES string of the molecule is Cc1ccc2[nH]cc(CCNC3CC(=O)N(c4ccccc4)C3=O)c2c1. The first-order valence-electron chi connectivity index (χ1n) is 8.85.